The van der Waals surface area contributed by atoms with Crippen molar-refractivity contribution in [1.82, 2.24) is 14.6 Å². The average molecular weight is 420 g/mol. The molecule has 8 heteroatoms. The van der Waals surface area contributed by atoms with E-state index in [1.165, 1.54) is 11.8 Å². The number of aromatic nitrogens is 3. The zero-order valence-electron chi connectivity index (χ0n) is 16.5. The van der Waals surface area contributed by atoms with Gasteiger partial charge in [0.25, 0.3) is 0 Å². The molecule has 0 saturated carbocycles. The first-order chi connectivity index (χ1) is 14.7. The zero-order chi connectivity index (χ0) is 20.9. The van der Waals surface area contributed by atoms with Gasteiger partial charge in [-0.15, -0.1) is 0 Å². The van der Waals surface area contributed by atoms with E-state index in [0.29, 0.717) is 17.2 Å². The van der Waals surface area contributed by atoms with Crippen LogP contribution in [0.25, 0.3) is 16.8 Å². The molecule has 0 radical (unpaired) electrons. The van der Waals surface area contributed by atoms with E-state index in [9.17, 15) is 4.79 Å². The molecule has 0 fully saturated rings. The van der Waals surface area contributed by atoms with Crippen LogP contribution in [0.1, 0.15) is 0 Å². The molecule has 30 heavy (non-hydrogen) atoms. The third-order valence-corrected chi connectivity index (χ3v) is 5.44. The van der Waals surface area contributed by atoms with Crippen molar-refractivity contribution in [3.8, 4) is 22.8 Å². The molecule has 152 valence electrons. The predicted octanol–water partition coefficient (Wildman–Crippen LogP) is 4.14. The van der Waals surface area contributed by atoms with E-state index < -0.39 is 0 Å². The third kappa shape index (κ3) is 4.23. The van der Waals surface area contributed by atoms with Crippen LogP contribution in [0.15, 0.2) is 72.0 Å². The molecule has 0 aliphatic rings. The highest BCUT2D eigenvalue weighted by Gasteiger charge is 2.13. The fraction of sp³-hybridized carbons (Fsp3) is 0.136. The van der Waals surface area contributed by atoms with Gasteiger partial charge in [-0.2, -0.15) is 5.10 Å². The van der Waals surface area contributed by atoms with Gasteiger partial charge in [0.1, 0.15) is 16.5 Å². The highest BCUT2D eigenvalue weighted by Crippen LogP contribution is 2.30. The minimum atomic E-state index is -0.157. The number of carbonyl (C=O) groups is 1. The number of thioether (sulfide) groups is 1. The van der Waals surface area contributed by atoms with Crippen LogP contribution in [0.2, 0.25) is 0 Å². The van der Waals surface area contributed by atoms with Crippen molar-refractivity contribution in [2.75, 3.05) is 25.3 Å². The summed E-state index contributed by atoms with van der Waals surface area (Å²) in [5.41, 5.74) is 3.33. The summed E-state index contributed by atoms with van der Waals surface area (Å²) in [5, 5.41) is 8.22. The fourth-order valence-corrected chi connectivity index (χ4v) is 3.76. The molecule has 0 unspecified atom stereocenters. The maximum atomic E-state index is 12.5. The van der Waals surface area contributed by atoms with Gasteiger partial charge < -0.3 is 14.8 Å². The molecule has 2 heterocycles. The van der Waals surface area contributed by atoms with Gasteiger partial charge in [-0.3, -0.25) is 4.79 Å². The van der Waals surface area contributed by atoms with Crippen molar-refractivity contribution in [3.63, 3.8) is 0 Å². The summed E-state index contributed by atoms with van der Waals surface area (Å²) in [7, 11) is 3.13. The molecule has 4 rings (SSSR count). The van der Waals surface area contributed by atoms with Crippen LogP contribution in [-0.2, 0) is 4.79 Å². The van der Waals surface area contributed by atoms with Gasteiger partial charge in [0.2, 0.25) is 5.91 Å². The van der Waals surface area contributed by atoms with Gasteiger partial charge in [0.05, 0.1) is 36.9 Å². The van der Waals surface area contributed by atoms with Crippen molar-refractivity contribution in [2.45, 2.75) is 5.03 Å². The highest BCUT2D eigenvalue weighted by molar-refractivity contribution is 8.00. The Labute approximate surface area is 178 Å². The molecule has 2 aromatic carbocycles. The quantitative estimate of drug-likeness (QED) is 0.453. The summed E-state index contributed by atoms with van der Waals surface area (Å²) in [6.07, 6.45) is 3.48. The molecule has 2 aromatic heterocycles. The Balaban J connectivity index is 1.48. The summed E-state index contributed by atoms with van der Waals surface area (Å²) in [5.74, 6) is 1.24. The first-order valence-electron chi connectivity index (χ1n) is 9.22. The number of ether oxygens (including phenoxy) is 2. The Morgan fingerprint density at radius 1 is 1.10 bits per heavy atom. The fourth-order valence-electron chi connectivity index (χ4n) is 2.98. The van der Waals surface area contributed by atoms with Crippen molar-refractivity contribution >= 4 is 28.9 Å². The molecule has 7 nitrogen and oxygen atoms in total. The second-order valence-electron chi connectivity index (χ2n) is 6.36. The average Bonchev–Trinajstić information content (AvgIpc) is 3.23. The molecular weight excluding hydrogens is 400 g/mol. The van der Waals surface area contributed by atoms with Gasteiger partial charge in [-0.05, 0) is 18.2 Å². The molecule has 0 aliphatic carbocycles. The molecule has 0 spiro atoms. The van der Waals surface area contributed by atoms with Gasteiger partial charge >= 0.3 is 0 Å². The number of carbonyl (C=O) groups excluding carboxylic acids is 1. The Morgan fingerprint density at radius 3 is 2.70 bits per heavy atom. The van der Waals surface area contributed by atoms with E-state index in [2.05, 4.69) is 15.4 Å². The first-order valence-corrected chi connectivity index (χ1v) is 10.2. The van der Waals surface area contributed by atoms with Crippen LogP contribution in [0.5, 0.6) is 11.5 Å². The van der Waals surface area contributed by atoms with Crippen LogP contribution < -0.4 is 14.8 Å². The SMILES string of the molecule is COc1ccc(NC(=O)CSc2nccn3nc(-c4ccccc4)cc23)c(OC)c1. The van der Waals surface area contributed by atoms with Gasteiger partial charge in [-0.25, -0.2) is 9.50 Å². The Bertz CT molecular complexity index is 1180. The first kappa shape index (κ1) is 19.8. The lowest BCUT2D eigenvalue weighted by molar-refractivity contribution is -0.113. The normalized spacial score (nSPS) is 10.7. The number of hydrogen-bond donors (Lipinski definition) is 1. The lowest BCUT2D eigenvalue weighted by Crippen LogP contribution is -2.15. The number of anilines is 1. The Hall–Kier alpha value is -3.52. The van der Waals surface area contributed by atoms with E-state index in [-0.39, 0.29) is 11.7 Å². The van der Waals surface area contributed by atoms with E-state index in [4.69, 9.17) is 9.47 Å². The van der Waals surface area contributed by atoms with E-state index in [0.717, 1.165) is 21.8 Å². The largest absolute Gasteiger partial charge is 0.497 e. The van der Waals surface area contributed by atoms with Crippen molar-refractivity contribution in [2.24, 2.45) is 0 Å². The van der Waals surface area contributed by atoms with Crippen LogP contribution >= 0.6 is 11.8 Å². The highest BCUT2D eigenvalue weighted by atomic mass is 32.2. The maximum absolute atomic E-state index is 12.5. The lowest BCUT2D eigenvalue weighted by atomic mass is 10.1. The number of nitrogens with zero attached hydrogens (tertiary/aromatic N) is 3. The van der Waals surface area contributed by atoms with Gasteiger partial charge in [-0.1, -0.05) is 42.1 Å². The van der Waals surface area contributed by atoms with Crippen molar-refractivity contribution < 1.29 is 14.3 Å². The number of hydrogen-bond acceptors (Lipinski definition) is 6. The van der Waals surface area contributed by atoms with Crippen LogP contribution in [0, 0.1) is 0 Å². The Kier molecular flexibility index (Phi) is 5.85. The molecule has 0 aliphatic heterocycles. The summed E-state index contributed by atoms with van der Waals surface area (Å²) >= 11 is 1.36. The van der Waals surface area contributed by atoms with Crippen molar-refractivity contribution in [1.29, 1.82) is 0 Å². The summed E-state index contributed by atoms with van der Waals surface area (Å²) in [6.45, 7) is 0. The standard InChI is InChI=1S/C22H20N4O3S/c1-28-16-8-9-17(20(12-16)29-2)24-21(27)14-30-22-19-13-18(15-6-4-3-5-7-15)25-26(19)11-10-23-22/h3-13H,14H2,1-2H3,(H,24,27). The maximum Gasteiger partial charge on any atom is 0.234 e. The molecule has 0 saturated heterocycles. The number of nitrogens with one attached hydrogen (secondary N) is 1. The molecule has 0 atom stereocenters. The second-order valence-corrected chi connectivity index (χ2v) is 7.32. The number of benzene rings is 2. The smallest absolute Gasteiger partial charge is 0.234 e. The van der Waals surface area contributed by atoms with Gasteiger partial charge in [0.15, 0.2) is 0 Å². The molecular formula is C22H20N4O3S. The van der Waals surface area contributed by atoms with Crippen LogP contribution in [-0.4, -0.2) is 40.5 Å². The summed E-state index contributed by atoms with van der Waals surface area (Å²) in [6, 6.07) is 17.2. The van der Waals surface area contributed by atoms with E-state index in [1.807, 2.05) is 36.4 Å². The zero-order valence-corrected chi connectivity index (χ0v) is 17.3. The molecule has 1 N–H and O–H groups in total. The van der Waals surface area contributed by atoms with Crippen molar-refractivity contribution in [3.05, 3.63) is 67.0 Å². The third-order valence-electron chi connectivity index (χ3n) is 4.45. The topological polar surface area (TPSA) is 77.8 Å². The lowest BCUT2D eigenvalue weighted by Gasteiger charge is -2.11. The van der Waals surface area contributed by atoms with Gasteiger partial charge in [0, 0.05) is 24.0 Å². The predicted molar refractivity (Wildman–Crippen MR) is 117 cm³/mol. The summed E-state index contributed by atoms with van der Waals surface area (Å²) in [4.78, 5) is 16.9. The number of rotatable bonds is 7. The number of fused-ring (bicyclic) bond motifs is 1. The van der Waals surface area contributed by atoms with Crippen LogP contribution in [0.4, 0.5) is 5.69 Å². The Morgan fingerprint density at radius 2 is 1.93 bits per heavy atom. The van der Waals surface area contributed by atoms with E-state index >= 15 is 0 Å². The number of amides is 1. The molecule has 1 amide bonds. The summed E-state index contributed by atoms with van der Waals surface area (Å²) < 4.78 is 12.3. The number of methoxy groups -OCH3 is 2. The molecule has 4 aromatic rings. The minimum Gasteiger partial charge on any atom is -0.497 e. The monoisotopic (exact) mass is 420 g/mol. The second kappa shape index (κ2) is 8.87. The minimum absolute atomic E-state index is 0.157. The van der Waals surface area contributed by atoms with E-state index in [1.54, 1.807) is 49.3 Å². The van der Waals surface area contributed by atoms with Crippen LogP contribution in [0.3, 0.4) is 0 Å². The molecule has 0 bridgehead atoms.